The van der Waals surface area contributed by atoms with Crippen LogP contribution in [0.2, 0.25) is 0 Å². The van der Waals surface area contributed by atoms with E-state index in [9.17, 15) is 4.79 Å². The summed E-state index contributed by atoms with van der Waals surface area (Å²) in [6.45, 7) is 4.58. The standard InChI is InChI=1S/C35H37N5O3/c1-39(23-25-9-4-2-5-10-25)20-18-37-28-15-16-29-33-32(28)35(42)31-27(34(33)38-40(29)21-17-36-19-22-41)13-8-14-30(31)43-24-26-11-6-3-7-12-26/h2-16,36-37,41H,17-24H2,1H3. The molecule has 43 heavy (non-hydrogen) atoms. The number of aromatic nitrogens is 2. The van der Waals surface area contributed by atoms with Crippen molar-refractivity contribution in [3.05, 3.63) is 113 Å². The Hall–Kier alpha value is -4.50. The number of hydrogen-bond donors (Lipinski definition) is 3. The van der Waals surface area contributed by atoms with Crippen LogP contribution >= 0.6 is 0 Å². The monoisotopic (exact) mass is 575 g/mol. The van der Waals surface area contributed by atoms with Gasteiger partial charge in [-0.1, -0.05) is 72.8 Å². The Bertz CT molecular complexity index is 1700. The lowest BCUT2D eigenvalue weighted by Gasteiger charge is -2.22. The van der Waals surface area contributed by atoms with Crippen LogP contribution < -0.4 is 15.4 Å². The van der Waals surface area contributed by atoms with Crippen LogP contribution in [0.25, 0.3) is 22.2 Å². The van der Waals surface area contributed by atoms with Crippen LogP contribution in [0, 0.1) is 0 Å². The number of hydrogen-bond acceptors (Lipinski definition) is 7. The van der Waals surface area contributed by atoms with E-state index in [-0.39, 0.29) is 12.4 Å². The fourth-order valence-corrected chi connectivity index (χ4v) is 5.70. The first-order valence-electron chi connectivity index (χ1n) is 14.8. The van der Waals surface area contributed by atoms with Crippen molar-refractivity contribution in [1.82, 2.24) is 20.0 Å². The highest BCUT2D eigenvalue weighted by molar-refractivity contribution is 6.28. The van der Waals surface area contributed by atoms with E-state index in [1.54, 1.807) is 0 Å². The van der Waals surface area contributed by atoms with Gasteiger partial charge < -0.3 is 25.4 Å². The minimum Gasteiger partial charge on any atom is -0.488 e. The summed E-state index contributed by atoms with van der Waals surface area (Å²) in [5.74, 6) is 0.497. The number of ether oxygens (including phenoxy) is 1. The van der Waals surface area contributed by atoms with Gasteiger partial charge in [0, 0.05) is 49.4 Å². The van der Waals surface area contributed by atoms with Gasteiger partial charge in [-0.2, -0.15) is 5.10 Å². The molecule has 0 spiro atoms. The van der Waals surface area contributed by atoms with E-state index in [0.29, 0.717) is 49.7 Å². The number of anilines is 1. The molecule has 1 aliphatic rings. The van der Waals surface area contributed by atoms with Crippen LogP contribution in [0.4, 0.5) is 5.69 Å². The second-order valence-corrected chi connectivity index (χ2v) is 10.9. The molecule has 6 rings (SSSR count). The number of nitrogens with zero attached hydrogens (tertiary/aromatic N) is 3. The molecule has 0 radical (unpaired) electrons. The quantitative estimate of drug-likeness (QED) is 0.158. The predicted molar refractivity (Wildman–Crippen MR) is 171 cm³/mol. The van der Waals surface area contributed by atoms with Crippen molar-refractivity contribution >= 4 is 22.4 Å². The fraction of sp³-hybridized carbons (Fsp3) is 0.257. The van der Waals surface area contributed by atoms with Crippen molar-refractivity contribution in [2.75, 3.05) is 45.2 Å². The van der Waals surface area contributed by atoms with E-state index in [1.165, 1.54) is 5.56 Å². The SMILES string of the molecule is CN(CCNc1ccc2c3c(nn2CCNCCO)-c2cccc(OCc4ccccc4)c2C(=O)c13)Cc1ccccc1. The smallest absolute Gasteiger partial charge is 0.200 e. The Morgan fingerprint density at radius 3 is 2.40 bits per heavy atom. The van der Waals surface area contributed by atoms with Crippen molar-refractivity contribution in [2.24, 2.45) is 0 Å². The average molecular weight is 576 g/mol. The molecule has 4 aromatic carbocycles. The molecule has 0 aliphatic heterocycles. The summed E-state index contributed by atoms with van der Waals surface area (Å²) >= 11 is 0. The summed E-state index contributed by atoms with van der Waals surface area (Å²) < 4.78 is 8.22. The van der Waals surface area contributed by atoms with Crippen LogP contribution in [0.5, 0.6) is 5.75 Å². The molecule has 0 saturated heterocycles. The summed E-state index contributed by atoms with van der Waals surface area (Å²) in [6.07, 6.45) is 0. The molecule has 5 aromatic rings. The number of fused-ring (bicyclic) bond motifs is 2. The fourth-order valence-electron chi connectivity index (χ4n) is 5.70. The number of likely N-dealkylation sites (N-methyl/N-ethyl adjacent to an activating group) is 1. The Morgan fingerprint density at radius 1 is 0.860 bits per heavy atom. The van der Waals surface area contributed by atoms with E-state index in [0.717, 1.165) is 46.5 Å². The molecule has 3 N–H and O–H groups in total. The molecule has 0 saturated carbocycles. The van der Waals surface area contributed by atoms with Gasteiger partial charge in [-0.3, -0.25) is 9.48 Å². The number of aliphatic hydroxyl groups excluding tert-OH is 1. The highest BCUT2D eigenvalue weighted by Crippen LogP contribution is 2.44. The number of carbonyl (C=O) groups excluding carboxylic acids is 1. The summed E-state index contributed by atoms with van der Waals surface area (Å²) in [7, 11) is 2.10. The van der Waals surface area contributed by atoms with Crippen LogP contribution in [0.1, 0.15) is 27.0 Å². The highest BCUT2D eigenvalue weighted by atomic mass is 16.5. The lowest BCUT2D eigenvalue weighted by Crippen LogP contribution is -2.25. The number of aliphatic hydroxyl groups is 1. The third-order valence-corrected chi connectivity index (χ3v) is 7.78. The van der Waals surface area contributed by atoms with Crippen LogP contribution in [0.15, 0.2) is 91.0 Å². The van der Waals surface area contributed by atoms with Gasteiger partial charge in [-0.15, -0.1) is 0 Å². The summed E-state index contributed by atoms with van der Waals surface area (Å²) in [4.78, 5) is 16.7. The molecular weight excluding hydrogens is 538 g/mol. The Kier molecular flexibility index (Phi) is 8.79. The second kappa shape index (κ2) is 13.2. The minimum atomic E-state index is -0.0603. The van der Waals surface area contributed by atoms with E-state index in [4.69, 9.17) is 14.9 Å². The van der Waals surface area contributed by atoms with Crippen LogP contribution in [0.3, 0.4) is 0 Å². The van der Waals surface area contributed by atoms with E-state index >= 15 is 0 Å². The maximum atomic E-state index is 14.4. The molecule has 1 aliphatic carbocycles. The molecule has 0 unspecified atom stereocenters. The molecular formula is C35H37N5O3. The van der Waals surface area contributed by atoms with Crippen LogP contribution in [-0.2, 0) is 19.7 Å². The van der Waals surface area contributed by atoms with Crippen molar-refractivity contribution in [3.8, 4) is 17.0 Å². The lowest BCUT2D eigenvalue weighted by molar-refractivity contribution is 0.103. The van der Waals surface area contributed by atoms with Gasteiger partial charge in [0.15, 0.2) is 5.78 Å². The first-order valence-corrected chi connectivity index (χ1v) is 14.8. The molecule has 1 aromatic heterocycles. The van der Waals surface area contributed by atoms with E-state index in [1.807, 2.05) is 71.4 Å². The predicted octanol–water partition coefficient (Wildman–Crippen LogP) is 4.95. The largest absolute Gasteiger partial charge is 0.488 e. The zero-order valence-electron chi connectivity index (χ0n) is 24.4. The zero-order valence-corrected chi connectivity index (χ0v) is 24.4. The molecule has 8 heteroatoms. The van der Waals surface area contributed by atoms with Gasteiger partial charge in [-0.05, 0) is 36.4 Å². The maximum absolute atomic E-state index is 14.4. The first-order chi connectivity index (χ1) is 21.1. The van der Waals surface area contributed by atoms with Crippen molar-refractivity contribution < 1.29 is 14.6 Å². The number of ketones is 1. The third kappa shape index (κ3) is 6.17. The van der Waals surface area contributed by atoms with Crippen LogP contribution in [-0.4, -0.2) is 65.4 Å². The molecule has 0 fully saturated rings. The number of carbonyl (C=O) groups is 1. The molecule has 220 valence electrons. The number of nitrogens with one attached hydrogen (secondary N) is 2. The van der Waals surface area contributed by atoms with Crippen molar-refractivity contribution in [3.63, 3.8) is 0 Å². The normalized spacial score (nSPS) is 12.1. The van der Waals surface area contributed by atoms with Crippen molar-refractivity contribution in [2.45, 2.75) is 19.7 Å². The number of rotatable bonds is 14. The van der Waals surface area contributed by atoms with E-state index in [2.05, 4.69) is 46.8 Å². The number of benzene rings is 4. The molecule has 0 atom stereocenters. The van der Waals surface area contributed by atoms with Crippen molar-refractivity contribution in [1.29, 1.82) is 0 Å². The van der Waals surface area contributed by atoms with Gasteiger partial charge in [0.05, 0.1) is 29.8 Å². The van der Waals surface area contributed by atoms with Gasteiger partial charge in [0.1, 0.15) is 18.1 Å². The second-order valence-electron chi connectivity index (χ2n) is 10.9. The minimum absolute atomic E-state index is 0.0603. The lowest BCUT2D eigenvalue weighted by atomic mass is 9.86. The average Bonchev–Trinajstić information content (AvgIpc) is 3.41. The third-order valence-electron chi connectivity index (χ3n) is 7.78. The van der Waals surface area contributed by atoms with Gasteiger partial charge >= 0.3 is 0 Å². The summed E-state index contributed by atoms with van der Waals surface area (Å²) in [5.41, 5.74) is 6.77. The van der Waals surface area contributed by atoms with E-state index < -0.39 is 0 Å². The Labute approximate surface area is 251 Å². The Morgan fingerprint density at radius 2 is 1.63 bits per heavy atom. The molecule has 8 nitrogen and oxygen atoms in total. The summed E-state index contributed by atoms with van der Waals surface area (Å²) in [6, 6.07) is 30.2. The highest BCUT2D eigenvalue weighted by Gasteiger charge is 2.33. The summed E-state index contributed by atoms with van der Waals surface area (Å²) in [5, 5.41) is 21.8. The first kappa shape index (κ1) is 28.6. The maximum Gasteiger partial charge on any atom is 0.200 e. The molecule has 0 amide bonds. The van der Waals surface area contributed by atoms with Gasteiger partial charge in [0.2, 0.25) is 0 Å². The zero-order chi connectivity index (χ0) is 29.6. The van der Waals surface area contributed by atoms with Gasteiger partial charge in [-0.25, -0.2) is 0 Å². The Balaban J connectivity index is 1.32. The topological polar surface area (TPSA) is 91.7 Å². The molecule has 1 heterocycles. The van der Waals surface area contributed by atoms with Gasteiger partial charge in [0.25, 0.3) is 0 Å². The molecule has 0 bridgehead atoms.